The van der Waals surface area contributed by atoms with Gasteiger partial charge in [-0.3, -0.25) is 13.7 Å². The third-order valence-corrected chi connectivity index (χ3v) is 22.2. The van der Waals surface area contributed by atoms with E-state index in [4.69, 9.17) is 96.3 Å². The van der Waals surface area contributed by atoms with Crippen molar-refractivity contribution in [3.63, 3.8) is 0 Å². The van der Waals surface area contributed by atoms with Crippen LogP contribution in [0.15, 0.2) is 411 Å². The Bertz CT molecular complexity index is 7660. The smallest absolute Gasteiger partial charge is 0.450 e. The maximum atomic E-state index is 9.72. The summed E-state index contributed by atoms with van der Waals surface area (Å²) in [5.41, 5.74) is 14.8. The molecule has 21 nitrogen and oxygen atoms in total. The molecule has 0 spiro atoms. The van der Waals surface area contributed by atoms with Gasteiger partial charge in [0.1, 0.15) is 0 Å². The fourth-order valence-corrected chi connectivity index (χ4v) is 16.1. The first-order valence-electron chi connectivity index (χ1n) is 41.7. The van der Waals surface area contributed by atoms with Crippen LogP contribution in [-0.4, -0.2) is 118 Å². The molecular formula is C105H70B2BrCl4N18O3. The fraction of sp³-hybridized carbons (Fsp3) is 0. The first kappa shape index (κ1) is 88.1. The number of aromatic nitrogens is 18. The van der Waals surface area contributed by atoms with Crippen molar-refractivity contribution in [1.29, 1.82) is 0 Å². The van der Waals surface area contributed by atoms with Crippen LogP contribution in [0.5, 0.6) is 0 Å². The van der Waals surface area contributed by atoms with Gasteiger partial charge in [-0.1, -0.05) is 379 Å². The summed E-state index contributed by atoms with van der Waals surface area (Å²) in [7, 11) is -0.460. The van der Waals surface area contributed by atoms with Crippen molar-refractivity contribution >= 4 is 153 Å². The van der Waals surface area contributed by atoms with Gasteiger partial charge in [-0.2, -0.15) is 54.8 Å². The average molecular weight is 1880 g/mol. The summed E-state index contributed by atoms with van der Waals surface area (Å²) in [5, 5.41) is 34.6. The quantitative estimate of drug-likeness (QED) is 0.0905. The van der Waals surface area contributed by atoms with Crippen LogP contribution >= 0.6 is 62.3 Å². The molecule has 639 valence electrons. The average Bonchev–Trinajstić information content (AvgIpc) is 1.60. The summed E-state index contributed by atoms with van der Waals surface area (Å²) in [5.74, 6) is 6.66. The second-order valence-corrected chi connectivity index (χ2v) is 31.9. The Morgan fingerprint density at radius 1 is 0.218 bits per heavy atom. The lowest BCUT2D eigenvalue weighted by Crippen LogP contribution is -2.29. The third kappa shape index (κ3) is 20.5. The van der Waals surface area contributed by atoms with E-state index in [1.807, 2.05) is 314 Å². The van der Waals surface area contributed by atoms with Crippen molar-refractivity contribution in [2.75, 3.05) is 0 Å². The van der Waals surface area contributed by atoms with Gasteiger partial charge < -0.3 is 15.1 Å². The van der Waals surface area contributed by atoms with E-state index in [0.717, 1.165) is 117 Å². The molecule has 0 amide bonds. The number of hydrogen-bond donors (Lipinski definition) is 3. The molecule has 0 saturated heterocycles. The minimum Gasteiger partial charge on any atom is -0.450 e. The van der Waals surface area contributed by atoms with Crippen LogP contribution in [0.3, 0.4) is 0 Å². The van der Waals surface area contributed by atoms with Crippen LogP contribution in [0, 0.1) is 0 Å². The SMILES string of the molecule is Brc1ccc2c(c1)c1ccccc1n2-c1nc(-c2ccccc2)nc(-c2ccccc2)n1.Clc1nc(-c2ccccc2)nc(-c2ccccc2)n1.Clc1nc(Cl)nc(Cl)n1.OB(O)c1ccc2c(c1)c1ccccc1n2-c1nc(-c2ccccc2)nc(-c2ccccc2)n1.O[B]c1ccccc1.c1ccc(-c2nc(-c3ccccc3)nc(-n3c4ccccc4c4ccccc43)n2)cc1. The van der Waals surface area contributed by atoms with Crippen molar-refractivity contribution in [3.05, 3.63) is 432 Å². The molecule has 3 N–H and O–H groups in total. The highest BCUT2D eigenvalue weighted by Crippen LogP contribution is 2.38. The number of para-hydroxylation sites is 4. The van der Waals surface area contributed by atoms with Gasteiger partial charge in [-0.05, 0) is 100 Å². The van der Waals surface area contributed by atoms with E-state index in [0.29, 0.717) is 69.9 Å². The summed E-state index contributed by atoms with van der Waals surface area (Å²) in [4.78, 5) is 67.0. The summed E-state index contributed by atoms with van der Waals surface area (Å²) in [6, 6.07) is 133. The molecule has 0 aliphatic rings. The minimum atomic E-state index is -1.54. The topological polar surface area (TPSA) is 269 Å². The lowest BCUT2D eigenvalue weighted by Gasteiger charge is -2.11. The molecule has 0 unspecified atom stereocenters. The lowest BCUT2D eigenvalue weighted by atomic mass is 9.80. The maximum Gasteiger partial charge on any atom is 0.488 e. The van der Waals surface area contributed by atoms with Gasteiger partial charge >= 0.3 is 14.6 Å². The summed E-state index contributed by atoms with van der Waals surface area (Å²) in [6.07, 6.45) is 0. The lowest BCUT2D eigenvalue weighted by molar-refractivity contribution is 0.426. The molecule has 0 aliphatic heterocycles. The van der Waals surface area contributed by atoms with Gasteiger partial charge in [0.05, 0.1) is 33.1 Å². The first-order chi connectivity index (χ1) is 65.3. The number of hydrogen-bond acceptors (Lipinski definition) is 18. The standard InChI is InChI=1S/C27H19BN4O2.C27H17BrN4.C27H18N4.C15H10ClN3.C6H6BO.C3Cl3N3/c33-28(34)20-15-16-24-22(17-20)21-13-7-8-14-23(21)32(24)27-30-25(18-9-3-1-4-10-18)29-26(31-27)19-11-5-2-6-12-19;28-20-15-16-24-22(17-20)21-13-7-8-14-23(21)32(24)27-30-25(18-9-3-1-4-10-18)29-26(31-27)19-11-5-2-6-12-19;1-3-11-19(12-4-1)25-28-26(20-13-5-2-6-14-20)30-27(29-25)31-23-17-9-7-15-21(23)22-16-8-10-18-24(22)31;16-15-18-13(11-7-3-1-4-8-11)17-14(19-15)12-9-5-2-6-10-12;8-7-6-4-2-1-3-5-6;4-1-7-2(5)9-3(6)8-1/h1-17,33-34H;1-17H;1-18H;1-10H;1-5,8H;. The second-order valence-electron chi connectivity index (χ2n) is 29.6. The summed E-state index contributed by atoms with van der Waals surface area (Å²) in [6.45, 7) is 0. The molecule has 23 aromatic rings. The highest BCUT2D eigenvalue weighted by atomic mass is 79.9. The van der Waals surface area contributed by atoms with Crippen molar-refractivity contribution in [3.8, 4) is 109 Å². The molecule has 0 atom stereocenters. The normalized spacial score (nSPS) is 10.9. The van der Waals surface area contributed by atoms with Gasteiger partial charge in [0.2, 0.25) is 39.0 Å². The third-order valence-electron chi connectivity index (χ3n) is 21.0. The zero-order chi connectivity index (χ0) is 90.9. The van der Waals surface area contributed by atoms with Crippen LogP contribution in [0.2, 0.25) is 21.1 Å². The zero-order valence-corrected chi connectivity index (χ0v) is 74.7. The van der Waals surface area contributed by atoms with E-state index in [1.54, 1.807) is 12.1 Å². The van der Waals surface area contributed by atoms with Gasteiger partial charge in [-0.25, -0.2) is 19.9 Å². The molecular weight excluding hydrogens is 1800 g/mol. The van der Waals surface area contributed by atoms with Crippen molar-refractivity contribution in [2.24, 2.45) is 0 Å². The number of rotatable bonds is 13. The van der Waals surface area contributed by atoms with E-state index < -0.39 is 7.12 Å². The number of halogens is 5. The van der Waals surface area contributed by atoms with Gasteiger partial charge in [0, 0.05) is 81.3 Å². The molecule has 23 rings (SSSR count). The Kier molecular flexibility index (Phi) is 27.4. The predicted octanol–water partition coefficient (Wildman–Crippen LogP) is 23.0. The Morgan fingerprint density at radius 2 is 0.429 bits per heavy atom. The van der Waals surface area contributed by atoms with E-state index in [-0.39, 0.29) is 21.1 Å². The molecule has 0 bridgehead atoms. The van der Waals surface area contributed by atoms with Gasteiger partial charge in [0.25, 0.3) is 0 Å². The predicted molar refractivity (Wildman–Crippen MR) is 537 cm³/mol. The highest BCUT2D eigenvalue weighted by Gasteiger charge is 2.24. The fourth-order valence-electron chi connectivity index (χ4n) is 15.0. The molecule has 0 saturated carbocycles. The molecule has 0 fully saturated rings. The monoisotopic (exact) mass is 1870 g/mol. The van der Waals surface area contributed by atoms with Crippen LogP contribution in [0.1, 0.15) is 0 Å². The number of nitrogens with zero attached hydrogens (tertiary/aromatic N) is 18. The van der Waals surface area contributed by atoms with Crippen molar-refractivity contribution < 1.29 is 15.1 Å². The number of fused-ring (bicyclic) bond motifs is 9. The van der Waals surface area contributed by atoms with Crippen LogP contribution in [-0.2, 0) is 0 Å². The van der Waals surface area contributed by atoms with Gasteiger partial charge in [-0.15, -0.1) is 0 Å². The van der Waals surface area contributed by atoms with E-state index in [2.05, 4.69) is 140 Å². The molecule has 0 aliphatic carbocycles. The highest BCUT2D eigenvalue weighted by molar-refractivity contribution is 9.10. The Hall–Kier alpha value is -15.6. The molecule has 1 radical (unpaired) electrons. The summed E-state index contributed by atoms with van der Waals surface area (Å²) >= 11 is 25.6. The minimum absolute atomic E-state index is 0.000000000000000444. The molecule has 8 aromatic heterocycles. The second kappa shape index (κ2) is 41.4. The van der Waals surface area contributed by atoms with Crippen LogP contribution in [0.25, 0.3) is 174 Å². The van der Waals surface area contributed by atoms with E-state index in [9.17, 15) is 10.0 Å². The largest absolute Gasteiger partial charge is 0.488 e. The Morgan fingerprint density at radius 3 is 0.684 bits per heavy atom. The maximum absolute atomic E-state index is 9.72. The van der Waals surface area contributed by atoms with Crippen molar-refractivity contribution in [2.45, 2.75) is 0 Å². The van der Waals surface area contributed by atoms with Crippen LogP contribution in [0.4, 0.5) is 0 Å². The Balaban J connectivity index is 0.000000113. The molecule has 28 heteroatoms. The summed E-state index contributed by atoms with van der Waals surface area (Å²) < 4.78 is 7.29. The van der Waals surface area contributed by atoms with Gasteiger partial charge in [0.15, 0.2) is 46.6 Å². The Labute approximate surface area is 791 Å². The molecule has 133 heavy (non-hydrogen) atoms. The zero-order valence-electron chi connectivity index (χ0n) is 70.1. The van der Waals surface area contributed by atoms with Crippen LogP contribution < -0.4 is 10.9 Å². The van der Waals surface area contributed by atoms with E-state index >= 15 is 0 Å². The first-order valence-corrected chi connectivity index (χ1v) is 44.1. The van der Waals surface area contributed by atoms with E-state index in [1.165, 1.54) is 10.8 Å². The molecule has 8 heterocycles. The van der Waals surface area contributed by atoms with Crippen molar-refractivity contribution in [1.82, 2.24) is 88.5 Å². The number of benzene rings is 15. The molecule has 15 aromatic carbocycles.